The van der Waals surface area contributed by atoms with Crippen molar-refractivity contribution in [2.24, 2.45) is 0 Å². The van der Waals surface area contributed by atoms with Gasteiger partial charge in [-0.2, -0.15) is 0 Å². The first-order chi connectivity index (χ1) is 4.34. The quantitative estimate of drug-likeness (QED) is 0.517. The van der Waals surface area contributed by atoms with E-state index >= 15 is 0 Å². The van der Waals surface area contributed by atoms with Crippen molar-refractivity contribution < 1.29 is 4.79 Å². The first-order valence-electron chi connectivity index (χ1n) is 3.21. The molecule has 0 saturated carbocycles. The normalized spacial score (nSPS) is 26.8. The van der Waals surface area contributed by atoms with Gasteiger partial charge in [0.05, 0.1) is 6.04 Å². The van der Waals surface area contributed by atoms with Crippen LogP contribution >= 0.6 is 0 Å². The molecule has 1 atom stereocenters. The summed E-state index contributed by atoms with van der Waals surface area (Å²) in [6, 6.07) is -0.0150. The highest BCUT2D eigenvalue weighted by Gasteiger charge is 2.14. The molecule has 0 heterocycles. The number of hydrogen-bond acceptors (Lipinski definition) is 2. The fraction of sp³-hybridized carbons (Fsp3) is 0.571. The van der Waals surface area contributed by atoms with Gasteiger partial charge < -0.3 is 5.32 Å². The van der Waals surface area contributed by atoms with Crippen LogP contribution < -0.4 is 5.32 Å². The van der Waals surface area contributed by atoms with Crippen LogP contribution in [0, 0.1) is 0 Å². The number of ketones is 1. The van der Waals surface area contributed by atoms with Crippen LogP contribution in [0.2, 0.25) is 0 Å². The van der Waals surface area contributed by atoms with E-state index in [1.54, 1.807) is 7.05 Å². The van der Waals surface area contributed by atoms with E-state index in [4.69, 9.17) is 0 Å². The highest BCUT2D eigenvalue weighted by atomic mass is 16.1. The van der Waals surface area contributed by atoms with Gasteiger partial charge in [-0.15, -0.1) is 0 Å². The van der Waals surface area contributed by atoms with E-state index in [0.717, 1.165) is 6.42 Å². The van der Waals surface area contributed by atoms with Crippen LogP contribution in [-0.4, -0.2) is 18.9 Å². The predicted molar refractivity (Wildman–Crippen MR) is 36.2 cm³/mol. The zero-order chi connectivity index (χ0) is 6.69. The second-order valence-corrected chi connectivity index (χ2v) is 2.20. The molecule has 0 aromatic heterocycles. The molecule has 0 spiro atoms. The van der Waals surface area contributed by atoms with E-state index < -0.39 is 0 Å². The Hall–Kier alpha value is -0.630. The number of allylic oxidation sites excluding steroid dienone is 1. The van der Waals surface area contributed by atoms with Gasteiger partial charge in [0.1, 0.15) is 0 Å². The average Bonchev–Trinajstić information content (AvgIpc) is 1.89. The summed E-state index contributed by atoms with van der Waals surface area (Å²) in [6.45, 7) is 0. The smallest absolute Gasteiger partial charge is 0.153 e. The highest BCUT2D eigenvalue weighted by Crippen LogP contribution is 2.05. The Kier molecular flexibility index (Phi) is 2.01. The van der Waals surface area contributed by atoms with Crippen LogP contribution in [0.4, 0.5) is 0 Å². The van der Waals surface area contributed by atoms with E-state index in [9.17, 15) is 4.79 Å². The van der Waals surface area contributed by atoms with Crippen LogP contribution in [0.5, 0.6) is 0 Å². The highest BCUT2D eigenvalue weighted by molar-refractivity contribution is 5.86. The molecule has 0 aliphatic heterocycles. The fourth-order valence-corrected chi connectivity index (χ4v) is 0.978. The standard InChI is InChI=1S/C7H11NO/c1-8-6-4-2-3-5-7(6)9/h2,4,6,8H,3,5H2,1H3. The van der Waals surface area contributed by atoms with Gasteiger partial charge in [-0.25, -0.2) is 0 Å². The van der Waals surface area contributed by atoms with Crippen molar-refractivity contribution in [3.63, 3.8) is 0 Å². The Morgan fingerprint density at radius 2 is 2.56 bits per heavy atom. The van der Waals surface area contributed by atoms with Crippen molar-refractivity contribution in [2.75, 3.05) is 7.05 Å². The lowest BCUT2D eigenvalue weighted by atomic mass is 10.0. The Balaban J connectivity index is 2.57. The molecule has 0 bridgehead atoms. The van der Waals surface area contributed by atoms with Crippen molar-refractivity contribution >= 4 is 5.78 Å². The topological polar surface area (TPSA) is 29.1 Å². The number of rotatable bonds is 1. The summed E-state index contributed by atoms with van der Waals surface area (Å²) in [5.74, 6) is 0.306. The second kappa shape index (κ2) is 2.78. The van der Waals surface area contributed by atoms with Crippen molar-refractivity contribution in [3.8, 4) is 0 Å². The minimum Gasteiger partial charge on any atom is -0.307 e. The summed E-state index contributed by atoms with van der Waals surface area (Å²) in [4.78, 5) is 10.9. The fourth-order valence-electron chi connectivity index (χ4n) is 0.978. The van der Waals surface area contributed by atoms with Crippen LogP contribution in [0.1, 0.15) is 12.8 Å². The Morgan fingerprint density at radius 1 is 1.78 bits per heavy atom. The van der Waals surface area contributed by atoms with E-state index in [0.29, 0.717) is 12.2 Å². The summed E-state index contributed by atoms with van der Waals surface area (Å²) in [7, 11) is 1.80. The van der Waals surface area contributed by atoms with Crippen molar-refractivity contribution in [2.45, 2.75) is 18.9 Å². The SMILES string of the molecule is CNC1C=CCCC1=O. The van der Waals surface area contributed by atoms with E-state index in [1.807, 2.05) is 12.2 Å². The molecule has 0 radical (unpaired) electrons. The maximum atomic E-state index is 10.9. The number of carbonyl (C=O) groups excluding carboxylic acids is 1. The van der Waals surface area contributed by atoms with Crippen molar-refractivity contribution in [3.05, 3.63) is 12.2 Å². The van der Waals surface area contributed by atoms with Crippen LogP contribution in [0.3, 0.4) is 0 Å². The average molecular weight is 125 g/mol. The van der Waals surface area contributed by atoms with Crippen LogP contribution in [-0.2, 0) is 4.79 Å². The molecule has 2 heteroatoms. The van der Waals surface area contributed by atoms with Crippen molar-refractivity contribution in [1.82, 2.24) is 5.32 Å². The van der Waals surface area contributed by atoms with E-state index in [-0.39, 0.29) is 6.04 Å². The molecule has 1 rings (SSSR count). The zero-order valence-electron chi connectivity index (χ0n) is 5.55. The van der Waals surface area contributed by atoms with Crippen LogP contribution in [0.15, 0.2) is 12.2 Å². The largest absolute Gasteiger partial charge is 0.307 e. The molecule has 1 aliphatic carbocycles. The third-order valence-electron chi connectivity index (χ3n) is 1.54. The summed E-state index contributed by atoms with van der Waals surface area (Å²) in [5.41, 5.74) is 0. The van der Waals surface area contributed by atoms with Gasteiger partial charge in [0.25, 0.3) is 0 Å². The molecule has 1 unspecified atom stereocenters. The van der Waals surface area contributed by atoms with Crippen molar-refractivity contribution in [1.29, 1.82) is 0 Å². The number of hydrogen-bond donors (Lipinski definition) is 1. The molecule has 0 aromatic carbocycles. The number of likely N-dealkylation sites (N-methyl/N-ethyl adjacent to an activating group) is 1. The van der Waals surface area contributed by atoms with E-state index in [1.165, 1.54) is 0 Å². The molecular weight excluding hydrogens is 114 g/mol. The summed E-state index contributed by atoms with van der Waals surface area (Å²) >= 11 is 0. The molecule has 2 nitrogen and oxygen atoms in total. The molecule has 0 saturated heterocycles. The third-order valence-corrected chi connectivity index (χ3v) is 1.54. The van der Waals surface area contributed by atoms with E-state index in [2.05, 4.69) is 5.32 Å². The predicted octanol–water partition coefficient (Wildman–Crippen LogP) is 0.493. The van der Waals surface area contributed by atoms with Gasteiger partial charge in [0.15, 0.2) is 5.78 Å². The lowest BCUT2D eigenvalue weighted by Crippen LogP contribution is -2.33. The lowest BCUT2D eigenvalue weighted by molar-refractivity contribution is -0.120. The number of Topliss-reactive ketones (excluding diaryl/α,β-unsaturated/α-hetero) is 1. The van der Waals surface area contributed by atoms with Gasteiger partial charge in [-0.1, -0.05) is 12.2 Å². The maximum absolute atomic E-state index is 10.9. The third kappa shape index (κ3) is 1.39. The van der Waals surface area contributed by atoms with Gasteiger partial charge in [-0.05, 0) is 13.5 Å². The first-order valence-corrected chi connectivity index (χ1v) is 3.21. The maximum Gasteiger partial charge on any atom is 0.153 e. The Bertz CT molecular complexity index is 140. The first kappa shape index (κ1) is 6.49. The Labute approximate surface area is 54.9 Å². The monoisotopic (exact) mass is 125 g/mol. The molecule has 0 amide bonds. The minimum atomic E-state index is -0.0150. The molecular formula is C7H11NO. The second-order valence-electron chi connectivity index (χ2n) is 2.20. The molecule has 0 aromatic rings. The van der Waals surface area contributed by atoms with Gasteiger partial charge >= 0.3 is 0 Å². The summed E-state index contributed by atoms with van der Waals surface area (Å²) < 4.78 is 0. The molecule has 0 fully saturated rings. The molecule has 1 aliphatic rings. The summed E-state index contributed by atoms with van der Waals surface area (Å²) in [6.07, 6.45) is 5.58. The van der Waals surface area contributed by atoms with Gasteiger partial charge in [-0.3, -0.25) is 4.79 Å². The molecule has 50 valence electrons. The van der Waals surface area contributed by atoms with Crippen LogP contribution in [0.25, 0.3) is 0 Å². The van der Waals surface area contributed by atoms with Gasteiger partial charge in [0, 0.05) is 6.42 Å². The lowest BCUT2D eigenvalue weighted by Gasteiger charge is -2.12. The number of nitrogens with one attached hydrogen (secondary N) is 1. The van der Waals surface area contributed by atoms with Gasteiger partial charge in [0.2, 0.25) is 0 Å². The summed E-state index contributed by atoms with van der Waals surface area (Å²) in [5, 5.41) is 2.92. The Morgan fingerprint density at radius 3 is 3.00 bits per heavy atom. The molecule has 1 N–H and O–H groups in total. The molecule has 9 heavy (non-hydrogen) atoms. The number of carbonyl (C=O) groups is 1. The zero-order valence-corrected chi connectivity index (χ0v) is 5.55. The minimum absolute atomic E-state index is 0.0150.